The maximum Gasteiger partial charge on any atom is 0.0602 e. The molecule has 5 rings (SSSR count). The molecule has 0 aliphatic heterocycles. The average molecular weight is 319 g/mol. The van der Waals surface area contributed by atoms with Crippen molar-refractivity contribution in [2.24, 2.45) is 34.0 Å². The molecule has 7 atom stereocenters. The SMILES string of the molecule is C[C@]12C=CCC(Cl)=C1CC[C@@H]1[C@@H]2CC[C@]2(C)[C@@H](O)C[C@H]3C[C@@]312. The fourth-order valence-corrected chi connectivity index (χ4v) is 8.01. The quantitative estimate of drug-likeness (QED) is 0.620. The lowest BCUT2D eigenvalue weighted by Gasteiger charge is -2.58. The maximum atomic E-state index is 10.7. The highest BCUT2D eigenvalue weighted by Crippen LogP contribution is 2.82. The molecule has 0 amide bonds. The molecule has 1 N–H and O–H groups in total. The van der Waals surface area contributed by atoms with E-state index in [4.69, 9.17) is 11.6 Å². The lowest BCUT2D eigenvalue weighted by molar-refractivity contribution is -0.0916. The summed E-state index contributed by atoms with van der Waals surface area (Å²) in [6.45, 7) is 4.84. The molecule has 4 saturated carbocycles. The summed E-state index contributed by atoms with van der Waals surface area (Å²) in [6.07, 6.45) is 13.1. The first kappa shape index (κ1) is 14.1. The van der Waals surface area contributed by atoms with Crippen molar-refractivity contribution in [2.45, 2.75) is 64.9 Å². The van der Waals surface area contributed by atoms with Crippen molar-refractivity contribution in [1.82, 2.24) is 0 Å². The van der Waals surface area contributed by atoms with E-state index in [1.165, 1.54) is 37.7 Å². The van der Waals surface area contributed by atoms with Crippen molar-refractivity contribution >= 4 is 11.6 Å². The van der Waals surface area contributed by atoms with E-state index < -0.39 is 0 Å². The first-order valence-corrected chi connectivity index (χ1v) is 9.55. The Morgan fingerprint density at radius 2 is 2.05 bits per heavy atom. The van der Waals surface area contributed by atoms with Crippen LogP contribution >= 0.6 is 11.6 Å². The number of rotatable bonds is 0. The van der Waals surface area contributed by atoms with Gasteiger partial charge in [0, 0.05) is 16.9 Å². The minimum absolute atomic E-state index is 0.0533. The minimum Gasteiger partial charge on any atom is -0.393 e. The minimum atomic E-state index is -0.0533. The van der Waals surface area contributed by atoms with Gasteiger partial charge in [-0.05, 0) is 72.7 Å². The van der Waals surface area contributed by atoms with E-state index in [-0.39, 0.29) is 16.9 Å². The Bertz CT molecular complexity index is 607. The second-order valence-corrected chi connectivity index (χ2v) is 9.63. The van der Waals surface area contributed by atoms with Gasteiger partial charge in [0.25, 0.3) is 0 Å². The van der Waals surface area contributed by atoms with E-state index in [1.807, 2.05) is 0 Å². The second kappa shape index (κ2) is 4.03. The van der Waals surface area contributed by atoms with Crippen molar-refractivity contribution in [3.63, 3.8) is 0 Å². The van der Waals surface area contributed by atoms with Gasteiger partial charge in [0.05, 0.1) is 6.10 Å². The molecule has 1 nitrogen and oxygen atoms in total. The van der Waals surface area contributed by atoms with Gasteiger partial charge in [0.2, 0.25) is 0 Å². The Balaban J connectivity index is 1.60. The van der Waals surface area contributed by atoms with Crippen LogP contribution in [-0.2, 0) is 0 Å². The summed E-state index contributed by atoms with van der Waals surface area (Å²) < 4.78 is 0. The van der Waals surface area contributed by atoms with Gasteiger partial charge >= 0.3 is 0 Å². The van der Waals surface area contributed by atoms with Gasteiger partial charge in [-0.3, -0.25) is 0 Å². The number of hydrogen-bond donors (Lipinski definition) is 1. The van der Waals surface area contributed by atoms with Gasteiger partial charge in [-0.1, -0.05) is 37.6 Å². The molecular weight excluding hydrogens is 292 g/mol. The molecule has 5 aliphatic rings. The Hall–Kier alpha value is -0.270. The first-order chi connectivity index (χ1) is 10.4. The van der Waals surface area contributed by atoms with Crippen LogP contribution in [0.4, 0.5) is 0 Å². The number of hydrogen-bond acceptors (Lipinski definition) is 1. The standard InChI is InChI=1S/C20H27ClO/c1-18-8-3-4-16(21)15(18)6-5-14-13(18)7-9-19(2)17(22)10-12-11-20(12,14)19/h3,8,12-14,17,22H,4-7,9-11H2,1-2H3/t12-,13-,14+,17-,18+,19+,20+/m0/s1. The second-order valence-electron chi connectivity index (χ2n) is 9.17. The van der Waals surface area contributed by atoms with Crippen LogP contribution in [0.5, 0.6) is 0 Å². The molecule has 0 saturated heterocycles. The average Bonchev–Trinajstić information content (AvgIpc) is 3.13. The lowest BCUT2D eigenvalue weighted by Crippen LogP contribution is -2.53. The topological polar surface area (TPSA) is 20.2 Å². The van der Waals surface area contributed by atoms with E-state index in [9.17, 15) is 5.11 Å². The van der Waals surface area contributed by atoms with Crippen molar-refractivity contribution in [3.05, 3.63) is 22.8 Å². The zero-order chi connectivity index (χ0) is 15.3. The first-order valence-electron chi connectivity index (χ1n) is 9.17. The van der Waals surface area contributed by atoms with Crippen LogP contribution in [0, 0.1) is 34.0 Å². The van der Waals surface area contributed by atoms with Crippen molar-refractivity contribution < 1.29 is 5.11 Å². The van der Waals surface area contributed by atoms with E-state index in [0.29, 0.717) is 5.41 Å². The van der Waals surface area contributed by atoms with Crippen LogP contribution in [-0.4, -0.2) is 11.2 Å². The largest absolute Gasteiger partial charge is 0.393 e. The third-order valence-corrected chi connectivity index (χ3v) is 9.18. The maximum absolute atomic E-state index is 10.7. The van der Waals surface area contributed by atoms with E-state index in [0.717, 1.165) is 35.6 Å². The van der Waals surface area contributed by atoms with Crippen molar-refractivity contribution in [2.75, 3.05) is 0 Å². The van der Waals surface area contributed by atoms with Gasteiger partial charge < -0.3 is 5.11 Å². The summed E-state index contributed by atoms with van der Waals surface area (Å²) in [5, 5.41) is 11.8. The van der Waals surface area contributed by atoms with Gasteiger partial charge in [0.1, 0.15) is 0 Å². The molecular formula is C20H27ClO. The van der Waals surface area contributed by atoms with Crippen LogP contribution in [0.2, 0.25) is 0 Å². The monoisotopic (exact) mass is 318 g/mol. The number of allylic oxidation sites excluding steroid dienone is 4. The third kappa shape index (κ3) is 1.35. The molecule has 0 aromatic heterocycles. The Morgan fingerprint density at radius 1 is 1.23 bits per heavy atom. The summed E-state index contributed by atoms with van der Waals surface area (Å²) in [5.41, 5.74) is 2.38. The zero-order valence-corrected chi connectivity index (χ0v) is 14.5. The van der Waals surface area contributed by atoms with Crippen LogP contribution in [0.25, 0.3) is 0 Å². The van der Waals surface area contributed by atoms with E-state index >= 15 is 0 Å². The fourth-order valence-electron chi connectivity index (χ4n) is 7.63. The zero-order valence-electron chi connectivity index (χ0n) is 13.7. The molecule has 0 aromatic carbocycles. The van der Waals surface area contributed by atoms with Crippen molar-refractivity contribution in [3.8, 4) is 0 Å². The summed E-state index contributed by atoms with van der Waals surface area (Å²) in [6, 6.07) is 0. The third-order valence-electron chi connectivity index (χ3n) is 8.80. The van der Waals surface area contributed by atoms with Crippen LogP contribution in [0.15, 0.2) is 22.8 Å². The molecule has 120 valence electrons. The highest BCUT2D eigenvalue weighted by molar-refractivity contribution is 6.30. The molecule has 0 heterocycles. The Labute approximate surface area is 138 Å². The van der Waals surface area contributed by atoms with Gasteiger partial charge in [0.15, 0.2) is 0 Å². The summed E-state index contributed by atoms with van der Waals surface area (Å²) in [7, 11) is 0. The number of aliphatic hydroxyl groups excluding tert-OH is 1. The molecule has 4 fully saturated rings. The van der Waals surface area contributed by atoms with Crippen LogP contribution in [0.3, 0.4) is 0 Å². The van der Waals surface area contributed by atoms with Crippen molar-refractivity contribution in [1.29, 1.82) is 0 Å². The number of aliphatic hydroxyl groups is 1. The summed E-state index contributed by atoms with van der Waals surface area (Å²) >= 11 is 6.61. The Kier molecular flexibility index (Phi) is 2.59. The molecule has 0 aromatic rings. The molecule has 5 aliphatic carbocycles. The van der Waals surface area contributed by atoms with E-state index in [2.05, 4.69) is 26.0 Å². The summed E-state index contributed by atoms with van der Waals surface area (Å²) in [4.78, 5) is 0. The van der Waals surface area contributed by atoms with Gasteiger partial charge in [-0.25, -0.2) is 0 Å². The normalized spacial score (nSPS) is 58.7. The highest BCUT2D eigenvalue weighted by Gasteiger charge is 2.77. The van der Waals surface area contributed by atoms with E-state index in [1.54, 1.807) is 0 Å². The smallest absolute Gasteiger partial charge is 0.0602 e. The molecule has 0 unspecified atom stereocenters. The van der Waals surface area contributed by atoms with Crippen LogP contribution in [0.1, 0.15) is 58.8 Å². The van der Waals surface area contributed by atoms with Gasteiger partial charge in [-0.2, -0.15) is 0 Å². The molecule has 0 bridgehead atoms. The summed E-state index contributed by atoms with van der Waals surface area (Å²) in [5.74, 6) is 2.34. The number of halogens is 1. The highest BCUT2D eigenvalue weighted by atomic mass is 35.5. The molecule has 22 heavy (non-hydrogen) atoms. The van der Waals surface area contributed by atoms with Gasteiger partial charge in [-0.15, -0.1) is 0 Å². The predicted octanol–water partition coefficient (Wildman–Crippen LogP) is 5.04. The molecule has 2 heteroatoms. The molecule has 0 radical (unpaired) electrons. The van der Waals surface area contributed by atoms with Crippen LogP contribution < -0.4 is 0 Å². The molecule has 1 spiro atoms. The Morgan fingerprint density at radius 3 is 2.86 bits per heavy atom. The predicted molar refractivity (Wildman–Crippen MR) is 89.5 cm³/mol. The lowest BCUT2D eigenvalue weighted by atomic mass is 9.46. The fraction of sp³-hybridized carbons (Fsp3) is 0.800. The number of fused-ring (bicyclic) bond motifs is 3.